The van der Waals surface area contributed by atoms with E-state index in [1.165, 1.54) is 6.20 Å². The second-order valence-electron chi connectivity index (χ2n) is 5.89. The van der Waals surface area contributed by atoms with Crippen molar-refractivity contribution in [2.75, 3.05) is 19.7 Å². The van der Waals surface area contributed by atoms with E-state index < -0.39 is 5.97 Å². The molecule has 0 aliphatic carbocycles. The third-order valence-electron chi connectivity index (χ3n) is 4.28. The summed E-state index contributed by atoms with van der Waals surface area (Å²) in [5, 5.41) is 0. The first-order chi connectivity index (χ1) is 12.0. The van der Waals surface area contributed by atoms with E-state index in [0.29, 0.717) is 42.5 Å². The SMILES string of the molecule is NC(=O)C1CCN(C(=O)COC(=O)c2ccc3nccnc3c2)CC1. The fourth-order valence-electron chi connectivity index (χ4n) is 2.81. The van der Waals surface area contributed by atoms with Crippen LogP contribution in [0.1, 0.15) is 23.2 Å². The number of hydrogen-bond acceptors (Lipinski definition) is 6. The van der Waals surface area contributed by atoms with Gasteiger partial charge in [0, 0.05) is 31.4 Å². The zero-order valence-electron chi connectivity index (χ0n) is 13.6. The van der Waals surface area contributed by atoms with Gasteiger partial charge in [0.1, 0.15) is 0 Å². The van der Waals surface area contributed by atoms with Crippen molar-refractivity contribution in [3.63, 3.8) is 0 Å². The number of hydrogen-bond donors (Lipinski definition) is 1. The van der Waals surface area contributed by atoms with Gasteiger partial charge in [-0.2, -0.15) is 0 Å². The van der Waals surface area contributed by atoms with Crippen molar-refractivity contribution in [1.29, 1.82) is 0 Å². The summed E-state index contributed by atoms with van der Waals surface area (Å²) in [4.78, 5) is 45.2. The molecule has 1 aliphatic heterocycles. The number of primary amides is 1. The second-order valence-corrected chi connectivity index (χ2v) is 5.89. The maximum absolute atomic E-state index is 12.1. The molecule has 0 bridgehead atoms. The number of carbonyl (C=O) groups is 3. The van der Waals surface area contributed by atoms with E-state index in [-0.39, 0.29) is 24.3 Å². The van der Waals surface area contributed by atoms with E-state index >= 15 is 0 Å². The Morgan fingerprint density at radius 1 is 1.12 bits per heavy atom. The summed E-state index contributed by atoms with van der Waals surface area (Å²) >= 11 is 0. The molecule has 0 radical (unpaired) electrons. The molecule has 0 unspecified atom stereocenters. The lowest BCUT2D eigenvalue weighted by molar-refractivity contribution is -0.137. The van der Waals surface area contributed by atoms with E-state index in [1.807, 2.05) is 0 Å². The van der Waals surface area contributed by atoms with Crippen LogP contribution in [0.3, 0.4) is 0 Å². The fraction of sp³-hybridized carbons (Fsp3) is 0.353. The predicted molar refractivity (Wildman–Crippen MR) is 88.3 cm³/mol. The first kappa shape index (κ1) is 16.8. The molecule has 0 saturated carbocycles. The maximum Gasteiger partial charge on any atom is 0.338 e. The van der Waals surface area contributed by atoms with E-state index in [4.69, 9.17) is 10.5 Å². The van der Waals surface area contributed by atoms with Gasteiger partial charge in [-0.25, -0.2) is 4.79 Å². The van der Waals surface area contributed by atoms with Crippen molar-refractivity contribution in [1.82, 2.24) is 14.9 Å². The number of carbonyl (C=O) groups excluding carboxylic acids is 3. The summed E-state index contributed by atoms with van der Waals surface area (Å²) in [6.07, 6.45) is 4.19. The van der Waals surface area contributed by atoms with Gasteiger partial charge in [0.15, 0.2) is 6.61 Å². The van der Waals surface area contributed by atoms with E-state index in [1.54, 1.807) is 29.3 Å². The Kier molecular flexibility index (Phi) is 4.87. The molecule has 1 aromatic carbocycles. The summed E-state index contributed by atoms with van der Waals surface area (Å²) in [6, 6.07) is 4.84. The Bertz CT molecular complexity index is 815. The standard InChI is InChI=1S/C17H18N4O4/c18-16(23)11-3-7-21(8-4-11)15(22)10-25-17(24)12-1-2-13-14(9-12)20-6-5-19-13/h1-2,5-6,9,11H,3-4,7-8,10H2,(H2,18,23). The van der Waals surface area contributed by atoms with Gasteiger partial charge in [0.2, 0.25) is 5.91 Å². The normalized spacial score (nSPS) is 15.1. The summed E-state index contributed by atoms with van der Waals surface area (Å²) in [7, 11) is 0. The van der Waals surface area contributed by atoms with Crippen molar-refractivity contribution in [3.05, 3.63) is 36.2 Å². The second kappa shape index (κ2) is 7.25. The van der Waals surface area contributed by atoms with Crippen LogP contribution in [0.5, 0.6) is 0 Å². The van der Waals surface area contributed by atoms with Crippen LogP contribution < -0.4 is 5.73 Å². The number of aromatic nitrogens is 2. The highest BCUT2D eigenvalue weighted by Crippen LogP contribution is 2.17. The number of nitrogens with two attached hydrogens (primary N) is 1. The Morgan fingerprint density at radius 3 is 2.48 bits per heavy atom. The quantitative estimate of drug-likeness (QED) is 0.810. The van der Waals surface area contributed by atoms with Gasteiger partial charge in [-0.05, 0) is 31.0 Å². The van der Waals surface area contributed by atoms with Crippen LogP contribution in [0.15, 0.2) is 30.6 Å². The Morgan fingerprint density at radius 2 is 1.80 bits per heavy atom. The third-order valence-corrected chi connectivity index (χ3v) is 4.28. The molecule has 8 heteroatoms. The molecule has 1 saturated heterocycles. The largest absolute Gasteiger partial charge is 0.452 e. The number of fused-ring (bicyclic) bond motifs is 1. The summed E-state index contributed by atoms with van der Waals surface area (Å²) < 4.78 is 5.10. The molecule has 2 aromatic rings. The summed E-state index contributed by atoms with van der Waals surface area (Å²) in [6.45, 7) is 0.545. The minimum atomic E-state index is -0.590. The van der Waals surface area contributed by atoms with Gasteiger partial charge in [-0.1, -0.05) is 0 Å². The molecule has 130 valence electrons. The number of rotatable bonds is 4. The molecule has 1 aliphatic rings. The molecule has 3 rings (SSSR count). The molecular formula is C17H18N4O4. The zero-order chi connectivity index (χ0) is 17.8. The third kappa shape index (κ3) is 3.90. The van der Waals surface area contributed by atoms with Crippen molar-refractivity contribution in [2.45, 2.75) is 12.8 Å². The molecule has 2 amide bonds. The van der Waals surface area contributed by atoms with Crippen LogP contribution in [-0.2, 0) is 14.3 Å². The van der Waals surface area contributed by atoms with Crippen LogP contribution in [-0.4, -0.2) is 52.3 Å². The Hall–Kier alpha value is -3.03. The number of nitrogens with zero attached hydrogens (tertiary/aromatic N) is 3. The summed E-state index contributed by atoms with van der Waals surface area (Å²) in [5.41, 5.74) is 6.84. The van der Waals surface area contributed by atoms with Crippen molar-refractivity contribution in [3.8, 4) is 0 Å². The van der Waals surface area contributed by atoms with Gasteiger partial charge in [0.05, 0.1) is 16.6 Å². The van der Waals surface area contributed by atoms with E-state index in [9.17, 15) is 14.4 Å². The van der Waals surface area contributed by atoms with Crippen LogP contribution in [0.25, 0.3) is 11.0 Å². The number of amides is 2. The van der Waals surface area contributed by atoms with Crippen LogP contribution in [0, 0.1) is 5.92 Å². The lowest BCUT2D eigenvalue weighted by Gasteiger charge is -2.30. The Balaban J connectivity index is 1.54. The average Bonchev–Trinajstić information content (AvgIpc) is 2.65. The van der Waals surface area contributed by atoms with Gasteiger partial charge >= 0.3 is 5.97 Å². The highest BCUT2D eigenvalue weighted by atomic mass is 16.5. The van der Waals surface area contributed by atoms with Crippen molar-refractivity contribution < 1.29 is 19.1 Å². The van der Waals surface area contributed by atoms with E-state index in [0.717, 1.165) is 0 Å². The molecule has 0 spiro atoms. The van der Waals surface area contributed by atoms with Crippen LogP contribution in [0.2, 0.25) is 0 Å². The molecular weight excluding hydrogens is 324 g/mol. The number of likely N-dealkylation sites (tertiary alicyclic amines) is 1. The predicted octanol–water partition coefficient (Wildman–Crippen LogP) is 0.511. The monoisotopic (exact) mass is 342 g/mol. The van der Waals surface area contributed by atoms with Gasteiger partial charge in [-0.15, -0.1) is 0 Å². The lowest BCUT2D eigenvalue weighted by Crippen LogP contribution is -2.43. The molecule has 0 atom stereocenters. The molecule has 1 fully saturated rings. The number of piperidine rings is 1. The van der Waals surface area contributed by atoms with Gasteiger partial charge < -0.3 is 15.4 Å². The van der Waals surface area contributed by atoms with Crippen molar-refractivity contribution >= 4 is 28.8 Å². The van der Waals surface area contributed by atoms with Crippen LogP contribution in [0.4, 0.5) is 0 Å². The number of ether oxygens (including phenoxy) is 1. The number of benzene rings is 1. The summed E-state index contributed by atoms with van der Waals surface area (Å²) in [5.74, 6) is -1.40. The smallest absolute Gasteiger partial charge is 0.338 e. The maximum atomic E-state index is 12.1. The van der Waals surface area contributed by atoms with Crippen LogP contribution >= 0.6 is 0 Å². The molecule has 1 aromatic heterocycles. The molecule has 25 heavy (non-hydrogen) atoms. The van der Waals surface area contributed by atoms with E-state index in [2.05, 4.69) is 9.97 Å². The highest BCUT2D eigenvalue weighted by molar-refractivity contribution is 5.94. The molecule has 2 N–H and O–H groups in total. The van der Waals surface area contributed by atoms with Gasteiger partial charge in [0.25, 0.3) is 5.91 Å². The topological polar surface area (TPSA) is 115 Å². The minimum Gasteiger partial charge on any atom is -0.452 e. The van der Waals surface area contributed by atoms with Crippen molar-refractivity contribution in [2.24, 2.45) is 11.7 Å². The first-order valence-electron chi connectivity index (χ1n) is 7.99. The first-order valence-corrected chi connectivity index (χ1v) is 7.99. The highest BCUT2D eigenvalue weighted by Gasteiger charge is 2.26. The Labute approximate surface area is 144 Å². The fourth-order valence-corrected chi connectivity index (χ4v) is 2.81. The zero-order valence-corrected chi connectivity index (χ0v) is 13.6. The lowest BCUT2D eigenvalue weighted by atomic mass is 9.96. The average molecular weight is 342 g/mol. The molecule has 8 nitrogen and oxygen atoms in total. The molecule has 2 heterocycles. The minimum absolute atomic E-state index is 0.190. The van der Waals surface area contributed by atoms with Gasteiger partial charge in [-0.3, -0.25) is 19.6 Å². The number of esters is 1.